The standard InChI is InChI=1S/C25H24N6O2/c1-25(2,3)19-13-11-17(12-14-19)23(32)27-21-9-4-5-10-22(21)28-24(33)18-7-6-8-20(15-18)31-16-26-29-30-31/h4-16H,1-3H3,(H,27,32)(H,28,33). The lowest BCUT2D eigenvalue weighted by Crippen LogP contribution is -2.17. The van der Waals surface area contributed by atoms with Crippen molar-refractivity contribution in [2.45, 2.75) is 26.2 Å². The van der Waals surface area contributed by atoms with E-state index in [4.69, 9.17) is 0 Å². The molecule has 33 heavy (non-hydrogen) atoms. The molecule has 3 aromatic carbocycles. The maximum Gasteiger partial charge on any atom is 0.255 e. The molecule has 0 saturated heterocycles. The smallest absolute Gasteiger partial charge is 0.255 e. The van der Waals surface area contributed by atoms with Crippen LogP contribution in [0, 0.1) is 0 Å². The number of amides is 2. The summed E-state index contributed by atoms with van der Waals surface area (Å²) in [7, 11) is 0. The highest BCUT2D eigenvalue weighted by Crippen LogP contribution is 2.25. The summed E-state index contributed by atoms with van der Waals surface area (Å²) in [6, 6.07) is 21.5. The van der Waals surface area contributed by atoms with Crippen LogP contribution in [0.2, 0.25) is 0 Å². The van der Waals surface area contributed by atoms with Gasteiger partial charge in [0.1, 0.15) is 6.33 Å². The van der Waals surface area contributed by atoms with Crippen LogP contribution in [0.1, 0.15) is 47.1 Å². The molecule has 0 radical (unpaired) electrons. The number of carbonyl (C=O) groups is 2. The minimum absolute atomic E-state index is 0.00757. The van der Waals surface area contributed by atoms with Gasteiger partial charge in [0.25, 0.3) is 11.8 Å². The Balaban J connectivity index is 1.50. The van der Waals surface area contributed by atoms with Crippen LogP contribution in [0.15, 0.2) is 79.1 Å². The summed E-state index contributed by atoms with van der Waals surface area (Å²) >= 11 is 0. The van der Waals surface area contributed by atoms with Crippen molar-refractivity contribution in [3.8, 4) is 5.69 Å². The molecule has 8 heteroatoms. The molecule has 0 spiro atoms. The SMILES string of the molecule is CC(C)(C)c1ccc(C(=O)Nc2ccccc2NC(=O)c2cccc(-n3cnnn3)c2)cc1. The van der Waals surface area contributed by atoms with Gasteiger partial charge in [0.15, 0.2) is 0 Å². The molecule has 2 N–H and O–H groups in total. The van der Waals surface area contributed by atoms with Crippen LogP contribution in [0.25, 0.3) is 5.69 Å². The lowest BCUT2D eigenvalue weighted by Gasteiger charge is -2.19. The Morgan fingerprint density at radius 3 is 2.00 bits per heavy atom. The van der Waals surface area contributed by atoms with Gasteiger partial charge < -0.3 is 10.6 Å². The molecule has 0 unspecified atom stereocenters. The van der Waals surface area contributed by atoms with E-state index in [0.29, 0.717) is 28.2 Å². The molecule has 0 fully saturated rings. The molecule has 0 aliphatic heterocycles. The van der Waals surface area contributed by atoms with Crippen LogP contribution < -0.4 is 10.6 Å². The number of nitrogens with zero attached hydrogens (tertiary/aromatic N) is 4. The lowest BCUT2D eigenvalue weighted by atomic mass is 9.87. The van der Waals surface area contributed by atoms with Crippen LogP contribution in [-0.4, -0.2) is 32.0 Å². The second kappa shape index (κ2) is 9.04. The van der Waals surface area contributed by atoms with Crippen LogP contribution >= 0.6 is 0 Å². The Morgan fingerprint density at radius 2 is 1.42 bits per heavy atom. The third-order valence-electron chi connectivity index (χ3n) is 5.16. The minimum atomic E-state index is -0.318. The van der Waals surface area contributed by atoms with E-state index in [9.17, 15) is 9.59 Å². The Hall–Kier alpha value is -4.33. The first-order valence-electron chi connectivity index (χ1n) is 10.5. The monoisotopic (exact) mass is 440 g/mol. The number of para-hydroxylation sites is 2. The van der Waals surface area contributed by atoms with Gasteiger partial charge in [-0.2, -0.15) is 0 Å². The van der Waals surface area contributed by atoms with Crippen LogP contribution in [0.3, 0.4) is 0 Å². The van der Waals surface area contributed by atoms with Crippen molar-refractivity contribution in [1.82, 2.24) is 20.2 Å². The zero-order chi connectivity index (χ0) is 23.4. The van der Waals surface area contributed by atoms with Gasteiger partial charge in [0.05, 0.1) is 17.1 Å². The molecular weight excluding hydrogens is 416 g/mol. The van der Waals surface area contributed by atoms with E-state index in [0.717, 1.165) is 5.56 Å². The van der Waals surface area contributed by atoms with Gasteiger partial charge in [-0.15, -0.1) is 5.10 Å². The molecule has 0 atom stereocenters. The third kappa shape index (κ3) is 5.12. The Bertz CT molecular complexity index is 1280. The summed E-state index contributed by atoms with van der Waals surface area (Å²) in [6.07, 6.45) is 1.45. The average Bonchev–Trinajstić information content (AvgIpc) is 3.35. The molecule has 1 aromatic heterocycles. The molecule has 166 valence electrons. The summed E-state index contributed by atoms with van der Waals surface area (Å²) in [6.45, 7) is 6.37. The number of rotatable bonds is 5. The highest BCUT2D eigenvalue weighted by molar-refractivity contribution is 6.10. The summed E-state index contributed by atoms with van der Waals surface area (Å²) in [4.78, 5) is 25.7. The van der Waals surface area contributed by atoms with Crippen LogP contribution in [0.4, 0.5) is 11.4 Å². The molecule has 8 nitrogen and oxygen atoms in total. The van der Waals surface area contributed by atoms with Crippen molar-refractivity contribution < 1.29 is 9.59 Å². The van der Waals surface area contributed by atoms with Crippen molar-refractivity contribution in [1.29, 1.82) is 0 Å². The molecule has 4 aromatic rings. The predicted molar refractivity (Wildman–Crippen MR) is 127 cm³/mol. The molecule has 2 amide bonds. The first-order valence-corrected chi connectivity index (χ1v) is 10.5. The second-order valence-electron chi connectivity index (χ2n) is 8.59. The van der Waals surface area contributed by atoms with Gasteiger partial charge in [-0.1, -0.05) is 51.1 Å². The van der Waals surface area contributed by atoms with E-state index in [-0.39, 0.29) is 17.2 Å². The van der Waals surface area contributed by atoms with E-state index >= 15 is 0 Å². The number of carbonyl (C=O) groups excluding carboxylic acids is 2. The molecular formula is C25H24N6O2. The fourth-order valence-corrected chi connectivity index (χ4v) is 3.28. The number of hydrogen-bond acceptors (Lipinski definition) is 5. The topological polar surface area (TPSA) is 102 Å². The fraction of sp³-hybridized carbons (Fsp3) is 0.160. The summed E-state index contributed by atoms with van der Waals surface area (Å²) < 4.78 is 1.47. The summed E-state index contributed by atoms with van der Waals surface area (Å²) in [5.41, 5.74) is 3.79. The number of aromatic nitrogens is 4. The fourth-order valence-electron chi connectivity index (χ4n) is 3.28. The first kappa shape index (κ1) is 21.9. The summed E-state index contributed by atoms with van der Waals surface area (Å²) in [5, 5.41) is 16.8. The van der Waals surface area contributed by atoms with Gasteiger partial charge in [0, 0.05) is 11.1 Å². The second-order valence-corrected chi connectivity index (χ2v) is 8.59. The number of nitrogens with one attached hydrogen (secondary N) is 2. The van der Waals surface area contributed by atoms with Gasteiger partial charge in [0.2, 0.25) is 0 Å². The highest BCUT2D eigenvalue weighted by atomic mass is 16.2. The third-order valence-corrected chi connectivity index (χ3v) is 5.16. The lowest BCUT2D eigenvalue weighted by molar-refractivity contribution is 0.101. The normalized spacial score (nSPS) is 11.1. The van der Waals surface area contributed by atoms with Crippen molar-refractivity contribution in [2.75, 3.05) is 10.6 Å². The molecule has 0 aliphatic rings. The highest BCUT2D eigenvalue weighted by Gasteiger charge is 2.16. The van der Waals surface area contributed by atoms with E-state index < -0.39 is 0 Å². The van der Waals surface area contributed by atoms with Gasteiger partial charge in [-0.05, 0) is 63.9 Å². The zero-order valence-electron chi connectivity index (χ0n) is 18.6. The number of hydrogen-bond donors (Lipinski definition) is 2. The van der Waals surface area contributed by atoms with E-state index in [1.807, 2.05) is 24.3 Å². The molecule has 0 saturated carbocycles. The van der Waals surface area contributed by atoms with Crippen LogP contribution in [-0.2, 0) is 5.41 Å². The van der Waals surface area contributed by atoms with E-state index in [1.165, 1.54) is 11.0 Å². The number of tetrazole rings is 1. The minimum Gasteiger partial charge on any atom is -0.320 e. The number of benzene rings is 3. The molecule has 0 aliphatic carbocycles. The van der Waals surface area contributed by atoms with Crippen molar-refractivity contribution in [3.63, 3.8) is 0 Å². The van der Waals surface area contributed by atoms with Gasteiger partial charge in [-0.3, -0.25) is 9.59 Å². The van der Waals surface area contributed by atoms with Crippen molar-refractivity contribution in [2.24, 2.45) is 0 Å². The van der Waals surface area contributed by atoms with E-state index in [1.54, 1.807) is 48.5 Å². The maximum atomic E-state index is 12.9. The average molecular weight is 441 g/mol. The van der Waals surface area contributed by atoms with Crippen molar-refractivity contribution in [3.05, 3.63) is 95.8 Å². The van der Waals surface area contributed by atoms with Gasteiger partial charge >= 0.3 is 0 Å². The quantitative estimate of drug-likeness (QED) is 0.477. The van der Waals surface area contributed by atoms with Gasteiger partial charge in [-0.25, -0.2) is 4.68 Å². The van der Waals surface area contributed by atoms with E-state index in [2.05, 4.69) is 46.9 Å². The predicted octanol–water partition coefficient (Wildman–Crippen LogP) is 4.46. The largest absolute Gasteiger partial charge is 0.320 e. The Labute approximate surface area is 191 Å². The molecule has 4 rings (SSSR count). The number of anilines is 2. The van der Waals surface area contributed by atoms with Crippen molar-refractivity contribution >= 4 is 23.2 Å². The summed E-state index contributed by atoms with van der Waals surface area (Å²) in [5.74, 6) is -0.570. The Morgan fingerprint density at radius 1 is 0.788 bits per heavy atom. The first-order chi connectivity index (χ1) is 15.8. The Kier molecular flexibility index (Phi) is 5.99. The molecule has 0 bridgehead atoms. The molecule has 1 heterocycles. The zero-order valence-corrected chi connectivity index (χ0v) is 18.6. The maximum absolute atomic E-state index is 12.9. The van der Waals surface area contributed by atoms with Crippen LogP contribution in [0.5, 0.6) is 0 Å².